The van der Waals surface area contributed by atoms with Crippen molar-refractivity contribution in [1.29, 1.82) is 0 Å². The molecule has 0 bridgehead atoms. The molecular formula is C21H19N7S2. The van der Waals surface area contributed by atoms with E-state index in [1.54, 1.807) is 27.6 Å². The zero-order chi connectivity index (χ0) is 20.3. The van der Waals surface area contributed by atoms with Crippen molar-refractivity contribution in [3.05, 3.63) is 82.2 Å². The van der Waals surface area contributed by atoms with Crippen molar-refractivity contribution < 1.29 is 0 Å². The van der Waals surface area contributed by atoms with Crippen LogP contribution in [0.4, 0.5) is 0 Å². The minimum absolute atomic E-state index is 0.589. The Morgan fingerprint density at radius 1 is 1.07 bits per heavy atom. The summed E-state index contributed by atoms with van der Waals surface area (Å²) >= 11 is 3.28. The van der Waals surface area contributed by atoms with Crippen LogP contribution in [0.5, 0.6) is 0 Å². The Morgan fingerprint density at radius 2 is 1.97 bits per heavy atom. The van der Waals surface area contributed by atoms with Crippen LogP contribution in [0.1, 0.15) is 22.0 Å². The molecule has 30 heavy (non-hydrogen) atoms. The van der Waals surface area contributed by atoms with Crippen molar-refractivity contribution in [3.63, 3.8) is 0 Å². The highest BCUT2D eigenvalue weighted by Crippen LogP contribution is 2.28. The molecule has 0 radical (unpaired) electrons. The van der Waals surface area contributed by atoms with Gasteiger partial charge in [0.05, 0.1) is 0 Å². The Bertz CT molecular complexity index is 1260. The molecule has 0 aliphatic heterocycles. The molecule has 5 aromatic rings. The zero-order valence-electron chi connectivity index (χ0n) is 16.3. The minimum atomic E-state index is 0.589. The summed E-state index contributed by atoms with van der Waals surface area (Å²) in [6.45, 7) is 2.77. The van der Waals surface area contributed by atoms with Crippen LogP contribution in [0.2, 0.25) is 0 Å². The van der Waals surface area contributed by atoms with Crippen LogP contribution in [0.3, 0.4) is 0 Å². The maximum absolute atomic E-state index is 4.53. The van der Waals surface area contributed by atoms with E-state index in [2.05, 4.69) is 71.6 Å². The van der Waals surface area contributed by atoms with Gasteiger partial charge in [-0.25, -0.2) is 4.98 Å². The van der Waals surface area contributed by atoms with Gasteiger partial charge in [0.15, 0.2) is 5.16 Å². The second kappa shape index (κ2) is 8.37. The Hall–Kier alpha value is -3.04. The van der Waals surface area contributed by atoms with E-state index >= 15 is 0 Å². The molecule has 4 aromatic heterocycles. The lowest BCUT2D eigenvalue weighted by molar-refractivity contribution is 0.609. The van der Waals surface area contributed by atoms with Crippen LogP contribution in [0.15, 0.2) is 70.4 Å². The van der Waals surface area contributed by atoms with Gasteiger partial charge in [0.25, 0.3) is 5.78 Å². The van der Waals surface area contributed by atoms with Gasteiger partial charge < -0.3 is 4.57 Å². The van der Waals surface area contributed by atoms with E-state index in [1.165, 1.54) is 16.8 Å². The highest BCUT2D eigenvalue weighted by Gasteiger charge is 2.17. The van der Waals surface area contributed by atoms with E-state index in [9.17, 15) is 0 Å². The molecule has 0 spiro atoms. The molecule has 0 amide bonds. The van der Waals surface area contributed by atoms with Crippen molar-refractivity contribution in [3.8, 4) is 0 Å². The van der Waals surface area contributed by atoms with Gasteiger partial charge in [0.1, 0.15) is 17.2 Å². The molecular weight excluding hydrogens is 414 g/mol. The number of fused-ring (bicyclic) bond motifs is 1. The lowest BCUT2D eigenvalue weighted by atomic mass is 10.1. The Balaban J connectivity index is 1.48. The molecule has 0 aliphatic carbocycles. The summed E-state index contributed by atoms with van der Waals surface area (Å²) in [7, 11) is 0. The average Bonchev–Trinajstić information content (AvgIpc) is 3.50. The lowest BCUT2D eigenvalue weighted by Gasteiger charge is -2.11. The quantitative estimate of drug-likeness (QED) is 0.360. The van der Waals surface area contributed by atoms with E-state index in [0.717, 1.165) is 41.1 Å². The van der Waals surface area contributed by atoms with Crippen LogP contribution >= 0.6 is 23.1 Å². The zero-order valence-corrected chi connectivity index (χ0v) is 18.0. The number of hydrogen-bond donors (Lipinski definition) is 0. The third-order valence-electron chi connectivity index (χ3n) is 4.72. The van der Waals surface area contributed by atoms with Crippen LogP contribution in [-0.4, -0.2) is 34.3 Å². The van der Waals surface area contributed by atoms with Crippen molar-refractivity contribution in [2.45, 2.75) is 36.5 Å². The maximum atomic E-state index is 4.53. The first kappa shape index (κ1) is 19.0. The highest BCUT2D eigenvalue weighted by atomic mass is 32.2. The SMILES string of the molecule is Cc1cc(Sc2nnc(Cc3cccs3)n2CCc2ccccc2)n2ncnc2n1. The molecule has 1 aromatic carbocycles. The van der Waals surface area contributed by atoms with E-state index in [4.69, 9.17) is 0 Å². The molecule has 0 atom stereocenters. The largest absolute Gasteiger partial charge is 0.305 e. The van der Waals surface area contributed by atoms with Gasteiger partial charge in [0, 0.05) is 23.5 Å². The Kier molecular flexibility index (Phi) is 5.29. The smallest absolute Gasteiger partial charge is 0.253 e. The average molecular weight is 434 g/mol. The van der Waals surface area contributed by atoms with E-state index in [0.29, 0.717) is 5.78 Å². The topological polar surface area (TPSA) is 73.8 Å². The summed E-state index contributed by atoms with van der Waals surface area (Å²) < 4.78 is 3.96. The number of aromatic nitrogens is 7. The highest BCUT2D eigenvalue weighted by molar-refractivity contribution is 7.99. The number of benzene rings is 1. The molecule has 7 nitrogen and oxygen atoms in total. The first-order valence-electron chi connectivity index (χ1n) is 9.60. The van der Waals surface area contributed by atoms with Gasteiger partial charge in [-0.3, -0.25) is 0 Å². The summed E-state index contributed by atoms with van der Waals surface area (Å²) in [6.07, 6.45) is 3.21. The fourth-order valence-corrected chi connectivity index (χ4v) is 4.99. The van der Waals surface area contributed by atoms with Crippen LogP contribution in [-0.2, 0) is 19.4 Å². The number of thiophene rings is 1. The summed E-state index contributed by atoms with van der Waals surface area (Å²) in [4.78, 5) is 9.92. The van der Waals surface area contributed by atoms with E-state index < -0.39 is 0 Å². The van der Waals surface area contributed by atoms with Gasteiger partial charge >= 0.3 is 0 Å². The molecule has 0 saturated carbocycles. The third kappa shape index (κ3) is 3.99. The number of aryl methyl sites for hydroxylation is 2. The van der Waals surface area contributed by atoms with Gasteiger partial charge in [-0.05, 0) is 48.2 Å². The molecule has 5 rings (SSSR count). The summed E-state index contributed by atoms with van der Waals surface area (Å²) in [5.41, 5.74) is 2.19. The van der Waals surface area contributed by atoms with Gasteiger partial charge in [-0.1, -0.05) is 36.4 Å². The molecule has 0 unspecified atom stereocenters. The van der Waals surface area contributed by atoms with E-state index in [-0.39, 0.29) is 0 Å². The monoisotopic (exact) mass is 433 g/mol. The predicted octanol–water partition coefficient (Wildman–Crippen LogP) is 4.07. The molecule has 0 N–H and O–H groups in total. The Morgan fingerprint density at radius 3 is 2.80 bits per heavy atom. The second-order valence-corrected chi connectivity index (χ2v) is 8.87. The summed E-state index contributed by atoms with van der Waals surface area (Å²) in [6, 6.07) is 16.7. The number of nitrogens with zero attached hydrogens (tertiary/aromatic N) is 7. The van der Waals surface area contributed by atoms with Gasteiger partial charge in [0.2, 0.25) is 0 Å². The predicted molar refractivity (Wildman–Crippen MR) is 117 cm³/mol. The normalized spacial score (nSPS) is 11.4. The number of hydrogen-bond acceptors (Lipinski definition) is 7. The molecule has 9 heteroatoms. The third-order valence-corrected chi connectivity index (χ3v) is 6.58. The molecule has 0 fully saturated rings. The second-order valence-electron chi connectivity index (χ2n) is 6.85. The molecule has 0 saturated heterocycles. The maximum Gasteiger partial charge on any atom is 0.253 e. The van der Waals surface area contributed by atoms with Crippen molar-refractivity contribution in [1.82, 2.24) is 34.3 Å². The van der Waals surface area contributed by atoms with E-state index in [1.807, 2.05) is 19.1 Å². The van der Waals surface area contributed by atoms with Crippen LogP contribution in [0.25, 0.3) is 5.78 Å². The number of rotatable bonds is 7. The standard InChI is InChI=1S/C21H19N7S2/c1-15-12-19(28-20(24-15)22-14-23-28)30-21-26-25-18(13-17-8-5-11-29-17)27(21)10-9-16-6-3-2-4-7-16/h2-8,11-12,14H,9-10,13H2,1H3. The Labute approximate surface area is 181 Å². The van der Waals surface area contributed by atoms with Gasteiger partial charge in [-0.15, -0.1) is 21.5 Å². The fraction of sp³-hybridized carbons (Fsp3) is 0.190. The first-order chi connectivity index (χ1) is 14.8. The lowest BCUT2D eigenvalue weighted by Crippen LogP contribution is -2.08. The van der Waals surface area contributed by atoms with Crippen molar-refractivity contribution >= 4 is 28.9 Å². The summed E-state index contributed by atoms with van der Waals surface area (Å²) in [5.74, 6) is 1.56. The van der Waals surface area contributed by atoms with Crippen molar-refractivity contribution in [2.24, 2.45) is 0 Å². The molecule has 4 heterocycles. The minimum Gasteiger partial charge on any atom is -0.305 e. The van der Waals surface area contributed by atoms with Gasteiger partial charge in [-0.2, -0.15) is 14.6 Å². The summed E-state index contributed by atoms with van der Waals surface area (Å²) in [5, 5.41) is 17.2. The molecule has 150 valence electrons. The van der Waals surface area contributed by atoms with Crippen LogP contribution < -0.4 is 0 Å². The van der Waals surface area contributed by atoms with Crippen LogP contribution in [0, 0.1) is 6.92 Å². The molecule has 0 aliphatic rings. The van der Waals surface area contributed by atoms with Crippen molar-refractivity contribution in [2.75, 3.05) is 0 Å². The first-order valence-corrected chi connectivity index (χ1v) is 11.3. The fourth-order valence-electron chi connectivity index (χ4n) is 3.27.